The fourth-order valence-corrected chi connectivity index (χ4v) is 3.59. The summed E-state index contributed by atoms with van der Waals surface area (Å²) in [4.78, 5) is 0. The molecule has 0 aromatic heterocycles. The van der Waals surface area contributed by atoms with Gasteiger partial charge >= 0.3 is 0 Å². The van der Waals surface area contributed by atoms with Crippen LogP contribution >= 0.6 is 0 Å². The van der Waals surface area contributed by atoms with Crippen LogP contribution in [0.4, 0.5) is 0 Å². The smallest absolute Gasteiger partial charge is 0.0832 e. The maximum Gasteiger partial charge on any atom is 0.0832 e. The Morgan fingerprint density at radius 1 is 1.29 bits per heavy atom. The fraction of sp³-hybridized carbons (Fsp3) is 1.00. The molecule has 0 bridgehead atoms. The van der Waals surface area contributed by atoms with Gasteiger partial charge in [-0.3, -0.25) is 0 Å². The predicted molar refractivity (Wildman–Crippen MR) is 72.2 cm³/mol. The summed E-state index contributed by atoms with van der Waals surface area (Å²) >= 11 is 0. The molecule has 2 nitrogen and oxygen atoms in total. The highest BCUT2D eigenvalue weighted by Crippen LogP contribution is 2.46. The van der Waals surface area contributed by atoms with E-state index in [0.29, 0.717) is 11.5 Å². The van der Waals surface area contributed by atoms with Gasteiger partial charge in [0, 0.05) is 12.6 Å². The van der Waals surface area contributed by atoms with Gasteiger partial charge in [0.25, 0.3) is 0 Å². The summed E-state index contributed by atoms with van der Waals surface area (Å²) < 4.78 is 6.15. The van der Waals surface area contributed by atoms with E-state index < -0.39 is 0 Å². The first-order chi connectivity index (χ1) is 8.00. The summed E-state index contributed by atoms with van der Waals surface area (Å²) in [7, 11) is 0. The number of morpholine rings is 1. The Bertz CT molecular complexity index is 254. The molecule has 1 aliphatic carbocycles. The molecule has 1 saturated heterocycles. The number of rotatable bonds is 2. The van der Waals surface area contributed by atoms with Crippen molar-refractivity contribution in [1.82, 2.24) is 5.32 Å². The number of hydrogen-bond acceptors (Lipinski definition) is 2. The van der Waals surface area contributed by atoms with Crippen LogP contribution in [0.15, 0.2) is 0 Å². The molecule has 1 spiro atoms. The Morgan fingerprint density at radius 3 is 2.47 bits per heavy atom. The largest absolute Gasteiger partial charge is 0.372 e. The molecule has 1 aliphatic heterocycles. The lowest BCUT2D eigenvalue weighted by Crippen LogP contribution is -2.58. The molecular weight excluding hydrogens is 210 g/mol. The quantitative estimate of drug-likeness (QED) is 0.798. The zero-order valence-electron chi connectivity index (χ0n) is 12.0. The molecule has 0 aromatic rings. The molecular formula is C15H29NO. The van der Waals surface area contributed by atoms with Crippen molar-refractivity contribution >= 4 is 0 Å². The van der Waals surface area contributed by atoms with E-state index >= 15 is 0 Å². The zero-order chi connectivity index (χ0) is 12.5. The second-order valence-corrected chi connectivity index (χ2v) is 6.71. The second-order valence-electron chi connectivity index (χ2n) is 6.71. The summed E-state index contributed by atoms with van der Waals surface area (Å²) in [5, 5.41) is 3.59. The molecule has 1 N–H and O–H groups in total. The van der Waals surface area contributed by atoms with Crippen molar-refractivity contribution < 1.29 is 4.74 Å². The summed E-state index contributed by atoms with van der Waals surface area (Å²) in [6.45, 7) is 11.4. The average molecular weight is 239 g/mol. The van der Waals surface area contributed by atoms with Crippen molar-refractivity contribution in [1.29, 1.82) is 0 Å². The van der Waals surface area contributed by atoms with Crippen molar-refractivity contribution in [2.75, 3.05) is 13.2 Å². The lowest BCUT2D eigenvalue weighted by Gasteiger charge is -2.49. The van der Waals surface area contributed by atoms with Gasteiger partial charge in [0.1, 0.15) is 0 Å². The Morgan fingerprint density at radius 2 is 1.94 bits per heavy atom. The van der Waals surface area contributed by atoms with E-state index in [9.17, 15) is 0 Å². The van der Waals surface area contributed by atoms with E-state index in [1.807, 2.05) is 0 Å². The molecule has 1 saturated carbocycles. The van der Waals surface area contributed by atoms with E-state index in [1.165, 1.54) is 32.1 Å². The highest BCUT2D eigenvalue weighted by Gasteiger charge is 2.44. The van der Waals surface area contributed by atoms with Gasteiger partial charge in [-0.2, -0.15) is 0 Å². The Kier molecular flexibility index (Phi) is 3.84. The molecule has 17 heavy (non-hydrogen) atoms. The van der Waals surface area contributed by atoms with E-state index in [4.69, 9.17) is 4.74 Å². The standard InChI is InChI=1S/C15H29NO/c1-5-14(3,4)13-6-8-15(9-7-13)12(2)16-10-11-17-15/h12-13,16H,5-11H2,1-4H3. The minimum Gasteiger partial charge on any atom is -0.372 e. The molecule has 0 amide bonds. The molecule has 1 heterocycles. The highest BCUT2D eigenvalue weighted by atomic mass is 16.5. The van der Waals surface area contributed by atoms with Crippen molar-refractivity contribution in [2.45, 2.75) is 71.4 Å². The van der Waals surface area contributed by atoms with Gasteiger partial charge in [0.2, 0.25) is 0 Å². The third kappa shape index (κ3) is 2.53. The summed E-state index contributed by atoms with van der Waals surface area (Å²) in [5.74, 6) is 0.885. The molecule has 1 unspecified atom stereocenters. The SMILES string of the molecule is CCC(C)(C)C1CCC2(CC1)OCCNC2C. The summed E-state index contributed by atoms with van der Waals surface area (Å²) in [6, 6.07) is 0.530. The van der Waals surface area contributed by atoms with E-state index in [1.54, 1.807) is 0 Å². The molecule has 100 valence electrons. The van der Waals surface area contributed by atoms with Crippen LogP contribution in [0.5, 0.6) is 0 Å². The number of ether oxygens (including phenoxy) is 1. The van der Waals surface area contributed by atoms with E-state index in [2.05, 4.69) is 33.0 Å². The lowest BCUT2D eigenvalue weighted by molar-refractivity contribution is -0.126. The van der Waals surface area contributed by atoms with E-state index in [0.717, 1.165) is 19.1 Å². The molecule has 2 rings (SSSR count). The van der Waals surface area contributed by atoms with Gasteiger partial charge in [0.05, 0.1) is 12.2 Å². The normalized spacial score (nSPS) is 39.5. The predicted octanol–water partition coefficient (Wildman–Crippen LogP) is 3.36. The van der Waals surface area contributed by atoms with Gasteiger partial charge in [-0.05, 0) is 43.9 Å². The third-order valence-corrected chi connectivity index (χ3v) is 5.58. The minimum atomic E-state index is 0.151. The number of nitrogens with one attached hydrogen (secondary N) is 1. The number of hydrogen-bond donors (Lipinski definition) is 1. The maximum atomic E-state index is 6.15. The molecule has 1 atom stereocenters. The van der Waals surface area contributed by atoms with Crippen LogP contribution in [0.25, 0.3) is 0 Å². The van der Waals surface area contributed by atoms with Crippen LogP contribution in [0.2, 0.25) is 0 Å². The van der Waals surface area contributed by atoms with E-state index in [-0.39, 0.29) is 5.60 Å². The van der Waals surface area contributed by atoms with Gasteiger partial charge in [0.15, 0.2) is 0 Å². The van der Waals surface area contributed by atoms with Crippen LogP contribution in [-0.4, -0.2) is 24.8 Å². The first kappa shape index (κ1) is 13.4. The van der Waals surface area contributed by atoms with Crippen molar-refractivity contribution in [3.8, 4) is 0 Å². The van der Waals surface area contributed by atoms with Crippen LogP contribution in [0.3, 0.4) is 0 Å². The van der Waals surface area contributed by atoms with Crippen molar-refractivity contribution in [2.24, 2.45) is 11.3 Å². The average Bonchev–Trinajstić information content (AvgIpc) is 2.34. The highest BCUT2D eigenvalue weighted by molar-refractivity contribution is 4.98. The second kappa shape index (κ2) is 4.89. The Balaban J connectivity index is 1.97. The van der Waals surface area contributed by atoms with Crippen LogP contribution < -0.4 is 5.32 Å². The summed E-state index contributed by atoms with van der Waals surface area (Å²) in [5.41, 5.74) is 0.658. The van der Waals surface area contributed by atoms with Gasteiger partial charge in [-0.15, -0.1) is 0 Å². The summed E-state index contributed by atoms with van der Waals surface area (Å²) in [6.07, 6.45) is 6.46. The fourth-order valence-electron chi connectivity index (χ4n) is 3.59. The monoisotopic (exact) mass is 239 g/mol. The molecule has 0 radical (unpaired) electrons. The third-order valence-electron chi connectivity index (χ3n) is 5.58. The first-order valence-electron chi connectivity index (χ1n) is 7.37. The first-order valence-corrected chi connectivity index (χ1v) is 7.37. The molecule has 2 heteroatoms. The van der Waals surface area contributed by atoms with Crippen LogP contribution in [0, 0.1) is 11.3 Å². The van der Waals surface area contributed by atoms with Gasteiger partial charge in [-0.25, -0.2) is 0 Å². The Hall–Kier alpha value is -0.0800. The van der Waals surface area contributed by atoms with Crippen LogP contribution in [-0.2, 0) is 4.74 Å². The Labute approximate surface area is 107 Å². The maximum absolute atomic E-state index is 6.15. The molecule has 2 fully saturated rings. The van der Waals surface area contributed by atoms with Crippen molar-refractivity contribution in [3.63, 3.8) is 0 Å². The lowest BCUT2D eigenvalue weighted by atomic mass is 9.65. The molecule has 0 aromatic carbocycles. The zero-order valence-corrected chi connectivity index (χ0v) is 12.0. The van der Waals surface area contributed by atoms with Crippen molar-refractivity contribution in [3.05, 3.63) is 0 Å². The van der Waals surface area contributed by atoms with Gasteiger partial charge < -0.3 is 10.1 Å². The topological polar surface area (TPSA) is 21.3 Å². The van der Waals surface area contributed by atoms with Gasteiger partial charge in [-0.1, -0.05) is 27.2 Å². The minimum absolute atomic E-state index is 0.151. The van der Waals surface area contributed by atoms with Crippen LogP contribution in [0.1, 0.15) is 59.8 Å². The molecule has 2 aliphatic rings.